The summed E-state index contributed by atoms with van der Waals surface area (Å²) in [5.74, 6) is 0.630. The Morgan fingerprint density at radius 3 is 2.54 bits per heavy atom. The molecule has 0 aromatic carbocycles. The van der Waals surface area contributed by atoms with Crippen LogP contribution in [-0.4, -0.2) is 41.0 Å². The number of terminal acetylenes is 1. The maximum absolute atomic E-state index is 11.2. The molecule has 0 aliphatic heterocycles. The van der Waals surface area contributed by atoms with E-state index in [0.717, 1.165) is 4.90 Å². The summed E-state index contributed by atoms with van der Waals surface area (Å²) in [6.07, 6.45) is 4.97. The normalized spacial score (nSPS) is 11.5. The maximum Gasteiger partial charge on any atom is 0.323 e. The molecule has 0 aromatic rings. The number of aliphatic carboxylic acids is 1. The minimum absolute atomic E-state index is 0.0350. The minimum atomic E-state index is -1.11. The molecule has 72 valence electrons. The van der Waals surface area contributed by atoms with Gasteiger partial charge in [-0.2, -0.15) is 0 Å². The third kappa shape index (κ3) is 4.13. The fourth-order valence-corrected chi connectivity index (χ4v) is 0.773. The predicted molar refractivity (Wildman–Crippen MR) is 46.7 cm³/mol. The Balaban J connectivity index is 4.34. The number of nitrogens with zero attached hydrogens (tertiary/aromatic N) is 1. The third-order valence-electron chi connectivity index (χ3n) is 1.31. The molecule has 0 radical (unpaired) electrons. The fourth-order valence-electron chi connectivity index (χ4n) is 0.773. The molecule has 0 fully saturated rings. The monoisotopic (exact) mass is 184 g/mol. The van der Waals surface area contributed by atoms with Crippen molar-refractivity contribution < 1.29 is 14.7 Å². The minimum Gasteiger partial charge on any atom is -0.480 e. The smallest absolute Gasteiger partial charge is 0.323 e. The van der Waals surface area contributed by atoms with Crippen molar-refractivity contribution in [2.24, 2.45) is 5.73 Å². The molecule has 3 N–H and O–H groups in total. The zero-order valence-electron chi connectivity index (χ0n) is 7.36. The van der Waals surface area contributed by atoms with Gasteiger partial charge in [0.2, 0.25) is 5.91 Å². The number of carbonyl (C=O) groups is 2. The number of rotatable bonds is 4. The Kier molecular flexibility index (Phi) is 4.55. The summed E-state index contributed by atoms with van der Waals surface area (Å²) >= 11 is 0. The van der Waals surface area contributed by atoms with E-state index in [2.05, 4.69) is 5.92 Å². The number of carbonyl (C=O) groups excluding carboxylic acids is 1. The molecule has 0 saturated carbocycles. The van der Waals surface area contributed by atoms with E-state index < -0.39 is 24.5 Å². The van der Waals surface area contributed by atoms with Gasteiger partial charge in [0.25, 0.3) is 0 Å². The number of carboxylic acids is 1. The van der Waals surface area contributed by atoms with Crippen LogP contribution in [0.15, 0.2) is 0 Å². The largest absolute Gasteiger partial charge is 0.480 e. The van der Waals surface area contributed by atoms with E-state index >= 15 is 0 Å². The van der Waals surface area contributed by atoms with Crippen molar-refractivity contribution in [2.45, 2.75) is 13.0 Å². The zero-order valence-corrected chi connectivity index (χ0v) is 7.36. The summed E-state index contributed by atoms with van der Waals surface area (Å²) in [5, 5.41) is 8.44. The van der Waals surface area contributed by atoms with E-state index in [1.54, 1.807) is 0 Å². The second-order valence-corrected chi connectivity index (χ2v) is 2.58. The molecule has 0 unspecified atom stereocenters. The zero-order chi connectivity index (χ0) is 10.4. The predicted octanol–water partition coefficient (Wildman–Crippen LogP) is -1.12. The summed E-state index contributed by atoms with van der Waals surface area (Å²) in [6, 6.07) is -0.729. The molecular weight excluding hydrogens is 172 g/mol. The second kappa shape index (κ2) is 5.17. The molecule has 5 nitrogen and oxygen atoms in total. The van der Waals surface area contributed by atoms with Gasteiger partial charge in [-0.1, -0.05) is 5.92 Å². The molecule has 0 rings (SSSR count). The van der Waals surface area contributed by atoms with Gasteiger partial charge in [-0.3, -0.25) is 9.59 Å². The Hall–Kier alpha value is -1.54. The van der Waals surface area contributed by atoms with Crippen molar-refractivity contribution in [3.05, 3.63) is 0 Å². The van der Waals surface area contributed by atoms with Crippen molar-refractivity contribution in [3.63, 3.8) is 0 Å². The highest BCUT2D eigenvalue weighted by molar-refractivity contribution is 5.85. The molecular formula is C8H12N2O3. The van der Waals surface area contributed by atoms with Gasteiger partial charge in [0.1, 0.15) is 6.54 Å². The van der Waals surface area contributed by atoms with Gasteiger partial charge in [0.05, 0.1) is 12.6 Å². The first-order chi connectivity index (χ1) is 5.99. The summed E-state index contributed by atoms with van der Waals surface area (Å²) in [5.41, 5.74) is 5.29. The highest BCUT2D eigenvalue weighted by atomic mass is 16.4. The lowest BCUT2D eigenvalue weighted by Gasteiger charge is -2.19. The van der Waals surface area contributed by atoms with Gasteiger partial charge >= 0.3 is 5.97 Å². The number of carboxylic acid groups (broad SMARTS) is 1. The molecule has 5 heteroatoms. The third-order valence-corrected chi connectivity index (χ3v) is 1.31. The summed E-state index contributed by atoms with van der Waals surface area (Å²) < 4.78 is 0. The van der Waals surface area contributed by atoms with E-state index in [4.69, 9.17) is 17.3 Å². The highest BCUT2D eigenvalue weighted by Gasteiger charge is 2.18. The van der Waals surface area contributed by atoms with Crippen LogP contribution in [0, 0.1) is 12.3 Å². The van der Waals surface area contributed by atoms with Gasteiger partial charge in [-0.25, -0.2) is 0 Å². The Morgan fingerprint density at radius 2 is 2.23 bits per heavy atom. The molecule has 0 bridgehead atoms. The fraction of sp³-hybridized carbons (Fsp3) is 0.500. The van der Waals surface area contributed by atoms with Gasteiger partial charge < -0.3 is 15.7 Å². The van der Waals surface area contributed by atoms with E-state index in [1.165, 1.54) is 6.92 Å². The van der Waals surface area contributed by atoms with E-state index in [1.807, 2.05) is 0 Å². The van der Waals surface area contributed by atoms with Crippen molar-refractivity contribution in [3.8, 4) is 12.3 Å². The van der Waals surface area contributed by atoms with Crippen LogP contribution in [-0.2, 0) is 9.59 Å². The van der Waals surface area contributed by atoms with E-state index in [-0.39, 0.29) is 6.54 Å². The van der Waals surface area contributed by atoms with Gasteiger partial charge in [-0.15, -0.1) is 6.42 Å². The van der Waals surface area contributed by atoms with Crippen LogP contribution in [0.5, 0.6) is 0 Å². The Morgan fingerprint density at radius 1 is 1.69 bits per heavy atom. The Bertz CT molecular complexity index is 242. The highest BCUT2D eigenvalue weighted by Crippen LogP contribution is 1.92. The molecule has 0 aliphatic rings. The molecule has 0 spiro atoms. The van der Waals surface area contributed by atoms with Crippen molar-refractivity contribution in [2.75, 3.05) is 13.1 Å². The van der Waals surface area contributed by atoms with Crippen molar-refractivity contribution in [1.29, 1.82) is 0 Å². The number of hydrogen-bond donors (Lipinski definition) is 2. The average molecular weight is 184 g/mol. The Labute approximate surface area is 76.5 Å². The van der Waals surface area contributed by atoms with Crippen LogP contribution < -0.4 is 5.73 Å². The van der Waals surface area contributed by atoms with Crippen LogP contribution >= 0.6 is 0 Å². The summed E-state index contributed by atoms with van der Waals surface area (Å²) in [7, 11) is 0. The standard InChI is InChI=1S/C8H12N2O3/c1-3-4-10(5-7(11)12)8(13)6(2)9/h1,6H,4-5,9H2,2H3,(H,11,12)/t6-/m1/s1. The number of amides is 1. The molecule has 13 heavy (non-hydrogen) atoms. The molecule has 0 saturated heterocycles. The molecule has 0 aromatic heterocycles. The van der Waals surface area contributed by atoms with Gasteiger partial charge in [0.15, 0.2) is 0 Å². The van der Waals surface area contributed by atoms with Crippen LogP contribution in [0.1, 0.15) is 6.92 Å². The van der Waals surface area contributed by atoms with E-state index in [0.29, 0.717) is 0 Å². The quantitative estimate of drug-likeness (QED) is 0.542. The van der Waals surface area contributed by atoms with Crippen molar-refractivity contribution >= 4 is 11.9 Å². The summed E-state index contributed by atoms with van der Waals surface area (Å²) in [6.45, 7) is 1.03. The van der Waals surface area contributed by atoms with Crippen LogP contribution in [0.3, 0.4) is 0 Å². The number of nitrogens with two attached hydrogens (primary N) is 1. The first-order valence-electron chi connectivity index (χ1n) is 3.68. The number of hydrogen-bond acceptors (Lipinski definition) is 3. The summed E-state index contributed by atoms with van der Waals surface area (Å²) in [4.78, 5) is 22.5. The van der Waals surface area contributed by atoms with Gasteiger partial charge in [-0.05, 0) is 6.92 Å². The first-order valence-corrected chi connectivity index (χ1v) is 3.68. The molecule has 0 heterocycles. The lowest BCUT2D eigenvalue weighted by Crippen LogP contribution is -2.44. The van der Waals surface area contributed by atoms with E-state index in [9.17, 15) is 9.59 Å². The topological polar surface area (TPSA) is 83.6 Å². The molecule has 0 aliphatic carbocycles. The van der Waals surface area contributed by atoms with Crippen molar-refractivity contribution in [1.82, 2.24) is 4.90 Å². The lowest BCUT2D eigenvalue weighted by atomic mass is 10.3. The second-order valence-electron chi connectivity index (χ2n) is 2.58. The van der Waals surface area contributed by atoms with Crippen LogP contribution in [0.2, 0.25) is 0 Å². The SMILES string of the molecule is C#CCN(CC(=O)O)C(=O)[C@@H](C)N. The average Bonchev–Trinajstić information content (AvgIpc) is 2.01. The van der Waals surface area contributed by atoms with Gasteiger partial charge in [0, 0.05) is 0 Å². The van der Waals surface area contributed by atoms with Crippen LogP contribution in [0.25, 0.3) is 0 Å². The lowest BCUT2D eigenvalue weighted by molar-refractivity contribution is -0.144. The van der Waals surface area contributed by atoms with Crippen LogP contribution in [0.4, 0.5) is 0 Å². The molecule has 1 amide bonds. The maximum atomic E-state index is 11.2. The first kappa shape index (κ1) is 11.5. The molecule has 1 atom stereocenters.